The number of nitrogen functional groups attached to an aromatic ring is 1. The molecule has 0 aliphatic carbocycles. The number of benzene rings is 1. The van der Waals surface area contributed by atoms with Crippen LogP contribution in [-0.4, -0.2) is 4.92 Å². The van der Waals surface area contributed by atoms with Crippen LogP contribution in [0.4, 0.5) is 17.1 Å². The van der Waals surface area contributed by atoms with E-state index in [1.807, 2.05) is 6.07 Å². The molecule has 0 saturated carbocycles. The van der Waals surface area contributed by atoms with Crippen LogP contribution < -0.4 is 11.1 Å². The van der Waals surface area contributed by atoms with Gasteiger partial charge in [0.15, 0.2) is 0 Å². The quantitative estimate of drug-likeness (QED) is 0.480. The number of nitrogens with two attached hydrogens (primary N) is 1. The van der Waals surface area contributed by atoms with Crippen molar-refractivity contribution in [2.24, 2.45) is 0 Å². The van der Waals surface area contributed by atoms with Crippen LogP contribution in [0.15, 0.2) is 41.0 Å². The summed E-state index contributed by atoms with van der Waals surface area (Å²) >= 11 is 0. The number of nitro groups is 1. The predicted molar refractivity (Wildman–Crippen MR) is 63.5 cm³/mol. The second-order valence-electron chi connectivity index (χ2n) is 3.50. The summed E-state index contributed by atoms with van der Waals surface area (Å²) in [5.41, 5.74) is 6.48. The van der Waals surface area contributed by atoms with Crippen molar-refractivity contribution in [1.29, 1.82) is 0 Å². The zero-order valence-electron chi connectivity index (χ0n) is 8.92. The number of anilines is 2. The van der Waals surface area contributed by atoms with Gasteiger partial charge in [-0.3, -0.25) is 10.1 Å². The number of nitrogens with zero attached hydrogens (tertiary/aromatic N) is 1. The van der Waals surface area contributed by atoms with E-state index in [2.05, 4.69) is 5.32 Å². The van der Waals surface area contributed by atoms with E-state index in [4.69, 9.17) is 10.2 Å². The summed E-state index contributed by atoms with van der Waals surface area (Å²) in [6.07, 6.45) is 1.57. The highest BCUT2D eigenvalue weighted by Gasteiger charge is 2.08. The second kappa shape index (κ2) is 4.56. The van der Waals surface area contributed by atoms with Crippen LogP contribution in [0.5, 0.6) is 0 Å². The highest BCUT2D eigenvalue weighted by molar-refractivity contribution is 5.61. The van der Waals surface area contributed by atoms with Gasteiger partial charge < -0.3 is 15.5 Å². The number of non-ortho nitro benzene ring substituents is 1. The van der Waals surface area contributed by atoms with Gasteiger partial charge in [0.05, 0.1) is 17.7 Å². The predicted octanol–water partition coefficient (Wildman–Crippen LogP) is 2.38. The van der Waals surface area contributed by atoms with E-state index in [9.17, 15) is 10.1 Å². The van der Waals surface area contributed by atoms with Gasteiger partial charge in [-0.15, -0.1) is 0 Å². The zero-order chi connectivity index (χ0) is 12.3. The van der Waals surface area contributed by atoms with E-state index >= 15 is 0 Å². The van der Waals surface area contributed by atoms with Crippen molar-refractivity contribution >= 4 is 17.1 Å². The van der Waals surface area contributed by atoms with Gasteiger partial charge in [-0.25, -0.2) is 0 Å². The molecule has 17 heavy (non-hydrogen) atoms. The van der Waals surface area contributed by atoms with Crippen LogP contribution in [-0.2, 0) is 6.54 Å². The van der Waals surface area contributed by atoms with Crippen molar-refractivity contribution in [3.8, 4) is 0 Å². The summed E-state index contributed by atoms with van der Waals surface area (Å²) < 4.78 is 5.14. The molecule has 0 aliphatic rings. The molecule has 0 bridgehead atoms. The SMILES string of the molecule is Nc1cc(NCc2ccco2)cc([N+](=O)[O-])c1. The maximum absolute atomic E-state index is 10.6. The van der Waals surface area contributed by atoms with Crippen molar-refractivity contribution < 1.29 is 9.34 Å². The van der Waals surface area contributed by atoms with E-state index in [1.165, 1.54) is 12.1 Å². The Morgan fingerprint density at radius 2 is 2.24 bits per heavy atom. The molecule has 0 aliphatic heterocycles. The third kappa shape index (κ3) is 2.75. The highest BCUT2D eigenvalue weighted by Crippen LogP contribution is 2.22. The fourth-order valence-corrected chi connectivity index (χ4v) is 1.44. The molecule has 88 valence electrons. The Kier molecular flexibility index (Phi) is 2.95. The van der Waals surface area contributed by atoms with Gasteiger partial charge in [0.1, 0.15) is 5.76 Å². The Balaban J connectivity index is 2.13. The van der Waals surface area contributed by atoms with E-state index in [-0.39, 0.29) is 5.69 Å². The van der Waals surface area contributed by atoms with Crippen molar-refractivity contribution in [3.05, 3.63) is 52.5 Å². The Morgan fingerprint density at radius 3 is 2.88 bits per heavy atom. The first-order valence-electron chi connectivity index (χ1n) is 4.96. The number of nitro benzene ring substituents is 1. The molecule has 1 aromatic carbocycles. The maximum Gasteiger partial charge on any atom is 0.273 e. The molecule has 0 spiro atoms. The molecule has 0 saturated heterocycles. The van der Waals surface area contributed by atoms with E-state index in [0.29, 0.717) is 17.9 Å². The van der Waals surface area contributed by atoms with Gasteiger partial charge in [-0.05, 0) is 18.2 Å². The molecular formula is C11H11N3O3. The van der Waals surface area contributed by atoms with Gasteiger partial charge in [-0.1, -0.05) is 0 Å². The normalized spacial score (nSPS) is 10.1. The topological polar surface area (TPSA) is 94.3 Å². The van der Waals surface area contributed by atoms with Gasteiger partial charge in [0.2, 0.25) is 0 Å². The maximum atomic E-state index is 10.6. The fraction of sp³-hybridized carbons (Fsp3) is 0.0909. The van der Waals surface area contributed by atoms with Crippen LogP contribution >= 0.6 is 0 Å². The molecule has 1 heterocycles. The molecule has 6 nitrogen and oxygen atoms in total. The average Bonchev–Trinajstić information content (AvgIpc) is 2.78. The minimum atomic E-state index is -0.478. The smallest absolute Gasteiger partial charge is 0.273 e. The first kappa shape index (κ1) is 11.0. The Morgan fingerprint density at radius 1 is 1.41 bits per heavy atom. The molecule has 2 aromatic rings. The Bertz CT molecular complexity index is 523. The Labute approximate surface area is 97.2 Å². The molecule has 0 atom stereocenters. The molecule has 6 heteroatoms. The van der Waals surface area contributed by atoms with E-state index in [0.717, 1.165) is 5.76 Å². The van der Waals surface area contributed by atoms with Crippen LogP contribution in [0, 0.1) is 10.1 Å². The Hall–Kier alpha value is -2.50. The molecule has 0 radical (unpaired) electrons. The minimum absolute atomic E-state index is 0.0352. The summed E-state index contributed by atoms with van der Waals surface area (Å²) in [7, 11) is 0. The van der Waals surface area contributed by atoms with Crippen LogP contribution in [0.2, 0.25) is 0 Å². The molecule has 0 fully saturated rings. The molecule has 0 unspecified atom stereocenters. The third-order valence-electron chi connectivity index (χ3n) is 2.20. The number of furan rings is 1. The van der Waals surface area contributed by atoms with Crippen LogP contribution in [0.1, 0.15) is 5.76 Å². The average molecular weight is 233 g/mol. The lowest BCUT2D eigenvalue weighted by Gasteiger charge is -2.05. The summed E-state index contributed by atoms with van der Waals surface area (Å²) in [6, 6.07) is 7.97. The van der Waals surface area contributed by atoms with Crippen molar-refractivity contribution in [3.63, 3.8) is 0 Å². The zero-order valence-corrected chi connectivity index (χ0v) is 8.92. The lowest BCUT2D eigenvalue weighted by atomic mass is 10.2. The summed E-state index contributed by atoms with van der Waals surface area (Å²) in [4.78, 5) is 10.2. The minimum Gasteiger partial charge on any atom is -0.467 e. The van der Waals surface area contributed by atoms with Crippen molar-refractivity contribution in [2.45, 2.75) is 6.54 Å². The van der Waals surface area contributed by atoms with Crippen LogP contribution in [0.25, 0.3) is 0 Å². The van der Waals surface area contributed by atoms with Crippen molar-refractivity contribution in [2.75, 3.05) is 11.1 Å². The molecule has 3 N–H and O–H groups in total. The lowest BCUT2D eigenvalue weighted by Crippen LogP contribution is -2.00. The third-order valence-corrected chi connectivity index (χ3v) is 2.20. The van der Waals surface area contributed by atoms with E-state index < -0.39 is 4.92 Å². The summed E-state index contributed by atoms with van der Waals surface area (Å²) in [5.74, 6) is 0.745. The first-order valence-corrected chi connectivity index (χ1v) is 4.96. The van der Waals surface area contributed by atoms with Gasteiger partial charge >= 0.3 is 0 Å². The number of hydrogen-bond donors (Lipinski definition) is 2. The van der Waals surface area contributed by atoms with Gasteiger partial charge in [-0.2, -0.15) is 0 Å². The summed E-state index contributed by atoms with van der Waals surface area (Å²) in [5, 5.41) is 13.6. The first-order chi connectivity index (χ1) is 8.15. The monoisotopic (exact) mass is 233 g/mol. The highest BCUT2D eigenvalue weighted by atomic mass is 16.6. The largest absolute Gasteiger partial charge is 0.467 e. The molecular weight excluding hydrogens is 222 g/mol. The van der Waals surface area contributed by atoms with Crippen LogP contribution in [0.3, 0.4) is 0 Å². The second-order valence-corrected chi connectivity index (χ2v) is 3.50. The van der Waals surface area contributed by atoms with Gasteiger partial charge in [0, 0.05) is 23.5 Å². The number of hydrogen-bond acceptors (Lipinski definition) is 5. The fourth-order valence-electron chi connectivity index (χ4n) is 1.44. The molecule has 1 aromatic heterocycles. The summed E-state index contributed by atoms with van der Waals surface area (Å²) in [6.45, 7) is 0.452. The number of nitrogens with one attached hydrogen (secondary N) is 1. The van der Waals surface area contributed by atoms with Gasteiger partial charge in [0.25, 0.3) is 5.69 Å². The molecule has 2 rings (SSSR count). The number of rotatable bonds is 4. The van der Waals surface area contributed by atoms with E-state index in [1.54, 1.807) is 18.4 Å². The lowest BCUT2D eigenvalue weighted by molar-refractivity contribution is -0.384. The van der Waals surface area contributed by atoms with Crippen molar-refractivity contribution in [1.82, 2.24) is 0 Å². The molecule has 0 amide bonds. The standard InChI is InChI=1S/C11H11N3O3/c12-8-4-9(6-10(5-8)14(15)16)13-7-11-2-1-3-17-11/h1-6,13H,7,12H2.